The Balaban J connectivity index is 2.08. The molecule has 0 saturated heterocycles. The topological polar surface area (TPSA) is 86.7 Å². The number of aromatic hydroxyl groups is 1. The van der Waals surface area contributed by atoms with E-state index in [-0.39, 0.29) is 16.1 Å². The van der Waals surface area contributed by atoms with Crippen LogP contribution in [-0.2, 0) is 10.0 Å². The number of phenols is 1. The molecule has 0 aliphatic heterocycles. The zero-order valence-corrected chi connectivity index (χ0v) is 17.9. The normalized spacial score (nSPS) is 11.3. The summed E-state index contributed by atoms with van der Waals surface area (Å²) in [4.78, 5) is 12.7. The van der Waals surface area contributed by atoms with Gasteiger partial charge in [-0.05, 0) is 23.8 Å². The molecule has 0 spiro atoms. The minimum Gasteiger partial charge on any atom is -0.505 e. The third kappa shape index (κ3) is 4.62. The molecule has 0 aromatic heterocycles. The van der Waals surface area contributed by atoms with Crippen molar-refractivity contribution in [2.45, 2.75) is 4.90 Å². The van der Waals surface area contributed by atoms with E-state index >= 15 is 0 Å². The van der Waals surface area contributed by atoms with Gasteiger partial charge in [-0.25, -0.2) is 17.2 Å². The van der Waals surface area contributed by atoms with Crippen LogP contribution in [0.1, 0.15) is 10.4 Å². The van der Waals surface area contributed by atoms with E-state index < -0.39 is 43.9 Å². The molecular weight excluding hydrogens is 450 g/mol. The summed E-state index contributed by atoms with van der Waals surface area (Å²) >= 11 is 5.90. The Labute approximate surface area is 182 Å². The predicted molar refractivity (Wildman–Crippen MR) is 114 cm³/mol. The van der Waals surface area contributed by atoms with E-state index in [2.05, 4.69) is 0 Å². The average molecular weight is 467 g/mol. The first kappa shape index (κ1) is 22.5. The van der Waals surface area contributed by atoms with Gasteiger partial charge in [0, 0.05) is 31.3 Å². The molecule has 1 amide bonds. The van der Waals surface area contributed by atoms with Gasteiger partial charge in [0.15, 0.2) is 5.75 Å². The summed E-state index contributed by atoms with van der Waals surface area (Å²) in [5.74, 6) is -3.41. The number of carbonyl (C=O) groups excluding carboxylic acids is 1. The maximum Gasteiger partial charge on any atom is 0.265 e. The van der Waals surface area contributed by atoms with Gasteiger partial charge in [-0.2, -0.15) is 0 Å². The summed E-state index contributed by atoms with van der Waals surface area (Å²) in [7, 11) is -1.69. The number of nitrogens with zero attached hydrogens (tertiary/aromatic N) is 1. The zero-order valence-electron chi connectivity index (χ0n) is 16.4. The molecule has 0 atom stereocenters. The molecule has 0 heterocycles. The lowest BCUT2D eigenvalue weighted by Gasteiger charge is -2.15. The summed E-state index contributed by atoms with van der Waals surface area (Å²) in [6.07, 6.45) is 0. The highest BCUT2D eigenvalue weighted by Gasteiger charge is 2.26. The molecule has 3 aromatic rings. The third-order valence-electron chi connectivity index (χ3n) is 4.36. The molecule has 162 valence electrons. The Hall–Kier alpha value is -3.17. The van der Waals surface area contributed by atoms with Crippen molar-refractivity contribution in [3.05, 3.63) is 76.8 Å². The first-order valence-electron chi connectivity index (χ1n) is 8.82. The standard InChI is InChI=1S/C21H17ClF2N2O4S/c1-26(2)21(28)13-8-15(22)20(27)19(9-13)31(29,30)25-18-10-14(16(23)11-17(18)24)12-6-4-3-5-7-12/h3-11,25,27H,1-2H3. The predicted octanol–water partition coefficient (Wildman–Crippen LogP) is 4.49. The Morgan fingerprint density at radius 3 is 2.29 bits per heavy atom. The van der Waals surface area contributed by atoms with Crippen LogP contribution in [0.5, 0.6) is 5.75 Å². The number of hydrogen-bond acceptors (Lipinski definition) is 4. The van der Waals surface area contributed by atoms with E-state index in [1.807, 2.05) is 4.72 Å². The van der Waals surface area contributed by atoms with Gasteiger partial charge in [-0.3, -0.25) is 9.52 Å². The molecular formula is C21H17ClF2N2O4S. The van der Waals surface area contributed by atoms with Crippen LogP contribution in [0.15, 0.2) is 59.5 Å². The van der Waals surface area contributed by atoms with Crippen LogP contribution >= 0.6 is 11.6 Å². The summed E-state index contributed by atoms with van der Waals surface area (Å²) in [6, 6.07) is 11.8. The highest BCUT2D eigenvalue weighted by atomic mass is 35.5. The van der Waals surface area contributed by atoms with Gasteiger partial charge in [0.2, 0.25) is 0 Å². The van der Waals surface area contributed by atoms with Crippen molar-refractivity contribution in [1.29, 1.82) is 0 Å². The summed E-state index contributed by atoms with van der Waals surface area (Å²) < 4.78 is 56.4. The molecule has 31 heavy (non-hydrogen) atoms. The van der Waals surface area contributed by atoms with Gasteiger partial charge >= 0.3 is 0 Å². The van der Waals surface area contributed by atoms with E-state index in [0.717, 1.165) is 18.2 Å². The highest BCUT2D eigenvalue weighted by molar-refractivity contribution is 7.92. The number of rotatable bonds is 5. The maximum absolute atomic E-state index is 14.4. The van der Waals surface area contributed by atoms with Crippen LogP contribution in [0.4, 0.5) is 14.5 Å². The van der Waals surface area contributed by atoms with Gasteiger partial charge in [-0.1, -0.05) is 41.9 Å². The fraction of sp³-hybridized carbons (Fsp3) is 0.0952. The minimum atomic E-state index is -4.60. The number of benzene rings is 3. The number of carbonyl (C=O) groups is 1. The minimum absolute atomic E-state index is 0.0292. The van der Waals surface area contributed by atoms with Crippen molar-refractivity contribution in [3.8, 4) is 16.9 Å². The highest BCUT2D eigenvalue weighted by Crippen LogP contribution is 2.35. The molecule has 0 aliphatic rings. The Morgan fingerprint density at radius 2 is 1.68 bits per heavy atom. The molecule has 3 aromatic carbocycles. The number of anilines is 1. The smallest absolute Gasteiger partial charge is 0.265 e. The van der Waals surface area contributed by atoms with Crippen molar-refractivity contribution in [3.63, 3.8) is 0 Å². The monoisotopic (exact) mass is 466 g/mol. The summed E-state index contributed by atoms with van der Waals surface area (Å²) in [6.45, 7) is 0. The van der Waals surface area contributed by atoms with Crippen LogP contribution in [0.2, 0.25) is 5.02 Å². The number of phenolic OH excluding ortho intramolecular Hbond substituents is 1. The molecule has 0 radical (unpaired) electrons. The summed E-state index contributed by atoms with van der Waals surface area (Å²) in [5, 5.41) is 9.80. The van der Waals surface area contributed by atoms with Crippen molar-refractivity contribution < 1.29 is 27.1 Å². The molecule has 2 N–H and O–H groups in total. The molecule has 0 bridgehead atoms. The lowest BCUT2D eigenvalue weighted by Crippen LogP contribution is -2.22. The Morgan fingerprint density at radius 1 is 1.03 bits per heavy atom. The first-order valence-corrected chi connectivity index (χ1v) is 10.7. The van der Waals surface area contributed by atoms with Gasteiger partial charge in [0.05, 0.1) is 10.7 Å². The lowest BCUT2D eigenvalue weighted by molar-refractivity contribution is 0.0827. The average Bonchev–Trinajstić information content (AvgIpc) is 2.71. The van der Waals surface area contributed by atoms with Crippen molar-refractivity contribution in [1.82, 2.24) is 4.90 Å². The number of halogens is 3. The van der Waals surface area contributed by atoms with Crippen LogP contribution in [0.3, 0.4) is 0 Å². The largest absolute Gasteiger partial charge is 0.505 e. The Kier molecular flexibility index (Phi) is 6.19. The van der Waals surface area contributed by atoms with E-state index in [4.69, 9.17) is 11.6 Å². The van der Waals surface area contributed by atoms with E-state index in [1.54, 1.807) is 30.3 Å². The SMILES string of the molecule is CN(C)C(=O)c1cc(Cl)c(O)c(S(=O)(=O)Nc2cc(-c3ccccc3)c(F)cc2F)c1. The van der Waals surface area contributed by atoms with Crippen LogP contribution in [-0.4, -0.2) is 38.4 Å². The number of amides is 1. The van der Waals surface area contributed by atoms with E-state index in [0.29, 0.717) is 11.6 Å². The van der Waals surface area contributed by atoms with Crippen molar-refractivity contribution in [2.75, 3.05) is 18.8 Å². The first-order chi connectivity index (χ1) is 14.5. The third-order valence-corrected chi connectivity index (χ3v) is 6.02. The van der Waals surface area contributed by atoms with Crippen LogP contribution < -0.4 is 4.72 Å². The van der Waals surface area contributed by atoms with Gasteiger partial charge in [-0.15, -0.1) is 0 Å². The van der Waals surface area contributed by atoms with Gasteiger partial charge in [0.25, 0.3) is 15.9 Å². The Bertz CT molecular complexity index is 1270. The molecule has 0 unspecified atom stereocenters. The van der Waals surface area contributed by atoms with Crippen LogP contribution in [0.25, 0.3) is 11.1 Å². The molecule has 0 fully saturated rings. The lowest BCUT2D eigenvalue weighted by atomic mass is 10.0. The molecule has 10 heteroatoms. The zero-order chi connectivity index (χ0) is 22.9. The number of sulfonamides is 1. The van der Waals surface area contributed by atoms with Crippen LogP contribution in [0, 0.1) is 11.6 Å². The second kappa shape index (κ2) is 8.52. The maximum atomic E-state index is 14.4. The molecule has 6 nitrogen and oxygen atoms in total. The fourth-order valence-electron chi connectivity index (χ4n) is 2.83. The van der Waals surface area contributed by atoms with Crippen molar-refractivity contribution in [2.24, 2.45) is 0 Å². The number of hydrogen-bond donors (Lipinski definition) is 2. The second-order valence-corrected chi connectivity index (χ2v) is 8.85. The van der Waals surface area contributed by atoms with Crippen molar-refractivity contribution >= 4 is 33.2 Å². The number of nitrogens with one attached hydrogen (secondary N) is 1. The second-order valence-electron chi connectivity index (χ2n) is 6.79. The quantitative estimate of drug-likeness (QED) is 0.580. The van der Waals surface area contributed by atoms with Gasteiger partial charge in [0.1, 0.15) is 16.5 Å². The molecule has 3 rings (SSSR count). The fourth-order valence-corrected chi connectivity index (χ4v) is 4.30. The van der Waals surface area contributed by atoms with Gasteiger partial charge < -0.3 is 10.0 Å². The molecule has 0 aliphatic carbocycles. The van der Waals surface area contributed by atoms with E-state index in [9.17, 15) is 27.1 Å². The summed E-state index contributed by atoms with van der Waals surface area (Å²) in [5.41, 5.74) is -0.263. The molecule has 0 saturated carbocycles. The van der Waals surface area contributed by atoms with E-state index in [1.165, 1.54) is 19.0 Å².